The first-order valence-electron chi connectivity index (χ1n) is 4.31. The van der Waals surface area contributed by atoms with Crippen molar-refractivity contribution < 1.29 is 19.0 Å². The first kappa shape index (κ1) is 10.1. The van der Waals surface area contributed by atoms with E-state index in [-0.39, 0.29) is 12.1 Å². The molecule has 4 heteroatoms. The Morgan fingerprint density at radius 3 is 2.92 bits per heavy atom. The van der Waals surface area contributed by atoms with Crippen LogP contribution in [0.15, 0.2) is 11.8 Å². The monoisotopic (exact) mass is 186 g/mol. The topological polar surface area (TPSA) is 48.1 Å². The van der Waals surface area contributed by atoms with Gasteiger partial charge in [-0.25, -0.2) is 4.79 Å². The van der Waals surface area contributed by atoms with Gasteiger partial charge in [-0.15, -0.1) is 0 Å². The number of carbonyl (C=O) groups is 1. The number of hydrogen-bond donors (Lipinski definition) is 0. The maximum Gasteiger partial charge on any atom is 0.336 e. The zero-order chi connectivity index (χ0) is 9.68. The third-order valence-electron chi connectivity index (χ3n) is 1.54. The normalized spacial score (nSPS) is 21.1. The van der Waals surface area contributed by atoms with Gasteiger partial charge in [-0.1, -0.05) is 0 Å². The van der Waals surface area contributed by atoms with Crippen LogP contribution >= 0.6 is 0 Å². The average Bonchev–Trinajstić information content (AvgIpc) is 2.88. The molecule has 1 fully saturated rings. The van der Waals surface area contributed by atoms with E-state index in [2.05, 4.69) is 0 Å². The first-order chi connectivity index (χ1) is 6.24. The lowest BCUT2D eigenvalue weighted by Gasteiger charge is -2.01. The molecule has 13 heavy (non-hydrogen) atoms. The third kappa shape index (κ3) is 3.94. The number of ether oxygens (including phenoxy) is 3. The second-order valence-electron chi connectivity index (χ2n) is 2.81. The van der Waals surface area contributed by atoms with Crippen LogP contribution in [0, 0.1) is 0 Å². The molecule has 0 aromatic rings. The van der Waals surface area contributed by atoms with E-state index in [1.165, 1.54) is 6.26 Å². The minimum atomic E-state index is -0.334. The standard InChI is InChI=1S/C9H14O4/c1-3-12-9(10)7(2)4-11-5-8-6-13-8/h4,8H,3,5-6H2,1-2H3. The second kappa shape index (κ2) is 4.87. The Balaban J connectivity index is 2.18. The summed E-state index contributed by atoms with van der Waals surface area (Å²) < 4.78 is 14.8. The van der Waals surface area contributed by atoms with Crippen molar-refractivity contribution in [2.24, 2.45) is 0 Å². The summed E-state index contributed by atoms with van der Waals surface area (Å²) in [6.45, 7) is 5.08. The molecule has 74 valence electrons. The minimum Gasteiger partial charge on any atom is -0.498 e. The zero-order valence-electron chi connectivity index (χ0n) is 7.91. The molecule has 0 amide bonds. The Morgan fingerprint density at radius 1 is 1.69 bits per heavy atom. The van der Waals surface area contributed by atoms with Gasteiger partial charge in [0.05, 0.1) is 25.0 Å². The molecule has 1 heterocycles. The lowest BCUT2D eigenvalue weighted by atomic mass is 10.3. The Bertz CT molecular complexity index is 206. The van der Waals surface area contributed by atoms with Gasteiger partial charge in [-0.05, 0) is 13.8 Å². The Morgan fingerprint density at radius 2 is 2.38 bits per heavy atom. The summed E-state index contributed by atoms with van der Waals surface area (Å²) in [6, 6.07) is 0. The van der Waals surface area contributed by atoms with E-state index >= 15 is 0 Å². The van der Waals surface area contributed by atoms with Crippen molar-refractivity contribution in [1.82, 2.24) is 0 Å². The van der Waals surface area contributed by atoms with Crippen LogP contribution in [0.2, 0.25) is 0 Å². The summed E-state index contributed by atoms with van der Waals surface area (Å²) in [5, 5.41) is 0. The van der Waals surface area contributed by atoms with Gasteiger partial charge in [0.1, 0.15) is 12.7 Å². The van der Waals surface area contributed by atoms with Crippen LogP contribution in [0.4, 0.5) is 0 Å². The van der Waals surface area contributed by atoms with E-state index < -0.39 is 0 Å². The number of carbonyl (C=O) groups excluding carboxylic acids is 1. The highest BCUT2D eigenvalue weighted by Gasteiger charge is 2.22. The quantitative estimate of drug-likeness (QED) is 0.276. The van der Waals surface area contributed by atoms with Crippen LogP contribution in [0.1, 0.15) is 13.8 Å². The van der Waals surface area contributed by atoms with Crippen molar-refractivity contribution in [3.63, 3.8) is 0 Å². The SMILES string of the molecule is CCOC(=O)C(C)=COCC1CO1. The van der Waals surface area contributed by atoms with Crippen LogP contribution in [0.5, 0.6) is 0 Å². The van der Waals surface area contributed by atoms with Crippen LogP contribution < -0.4 is 0 Å². The van der Waals surface area contributed by atoms with Gasteiger partial charge < -0.3 is 14.2 Å². The summed E-state index contributed by atoms with van der Waals surface area (Å²) in [7, 11) is 0. The fraction of sp³-hybridized carbons (Fsp3) is 0.667. The van der Waals surface area contributed by atoms with Crippen LogP contribution in [0.3, 0.4) is 0 Å². The molecule has 0 aromatic carbocycles. The van der Waals surface area contributed by atoms with Crippen molar-refractivity contribution in [2.75, 3.05) is 19.8 Å². The van der Waals surface area contributed by atoms with Crippen molar-refractivity contribution >= 4 is 5.97 Å². The van der Waals surface area contributed by atoms with E-state index in [1.807, 2.05) is 0 Å². The molecule has 0 spiro atoms. The zero-order valence-corrected chi connectivity index (χ0v) is 7.91. The minimum absolute atomic E-state index is 0.214. The van der Waals surface area contributed by atoms with Gasteiger partial charge in [-0.3, -0.25) is 0 Å². The van der Waals surface area contributed by atoms with Crippen molar-refractivity contribution in [3.8, 4) is 0 Å². The molecule has 1 saturated heterocycles. The number of rotatable bonds is 5. The van der Waals surface area contributed by atoms with E-state index in [9.17, 15) is 4.79 Å². The number of hydrogen-bond acceptors (Lipinski definition) is 4. The van der Waals surface area contributed by atoms with Gasteiger partial charge in [0.25, 0.3) is 0 Å². The highest BCUT2D eigenvalue weighted by molar-refractivity contribution is 5.87. The summed E-state index contributed by atoms with van der Waals surface area (Å²) in [6.07, 6.45) is 1.63. The smallest absolute Gasteiger partial charge is 0.336 e. The van der Waals surface area contributed by atoms with Crippen molar-refractivity contribution in [3.05, 3.63) is 11.8 Å². The summed E-state index contributed by atoms with van der Waals surface area (Å²) >= 11 is 0. The molecular formula is C9H14O4. The Hall–Kier alpha value is -1.03. The molecule has 0 aliphatic carbocycles. The highest BCUT2D eigenvalue weighted by atomic mass is 16.6. The second-order valence-corrected chi connectivity index (χ2v) is 2.81. The lowest BCUT2D eigenvalue weighted by Crippen LogP contribution is -2.06. The molecule has 1 aliphatic heterocycles. The summed E-state index contributed by atoms with van der Waals surface area (Å²) in [4.78, 5) is 11.0. The van der Waals surface area contributed by atoms with Crippen molar-refractivity contribution in [1.29, 1.82) is 0 Å². The van der Waals surface area contributed by atoms with E-state index in [0.29, 0.717) is 18.8 Å². The fourth-order valence-electron chi connectivity index (χ4n) is 0.738. The molecular weight excluding hydrogens is 172 g/mol. The third-order valence-corrected chi connectivity index (χ3v) is 1.54. The van der Waals surface area contributed by atoms with Gasteiger partial charge in [0.15, 0.2) is 0 Å². The van der Waals surface area contributed by atoms with Crippen LogP contribution in [-0.2, 0) is 19.0 Å². The Labute approximate surface area is 77.5 Å². The molecule has 4 nitrogen and oxygen atoms in total. The molecule has 0 bridgehead atoms. The molecule has 1 rings (SSSR count). The predicted molar refractivity (Wildman–Crippen MR) is 46.1 cm³/mol. The van der Waals surface area contributed by atoms with Crippen LogP contribution in [0.25, 0.3) is 0 Å². The molecule has 0 saturated carbocycles. The van der Waals surface area contributed by atoms with Gasteiger partial charge >= 0.3 is 5.97 Å². The van der Waals surface area contributed by atoms with E-state index in [4.69, 9.17) is 14.2 Å². The van der Waals surface area contributed by atoms with E-state index in [1.54, 1.807) is 13.8 Å². The van der Waals surface area contributed by atoms with Crippen molar-refractivity contribution in [2.45, 2.75) is 20.0 Å². The average molecular weight is 186 g/mol. The summed E-state index contributed by atoms with van der Waals surface area (Å²) in [5.74, 6) is -0.334. The Kier molecular flexibility index (Phi) is 3.76. The maximum absolute atomic E-state index is 11.0. The molecule has 1 atom stereocenters. The highest BCUT2D eigenvalue weighted by Crippen LogP contribution is 2.09. The molecule has 0 aromatic heterocycles. The van der Waals surface area contributed by atoms with Gasteiger partial charge in [0.2, 0.25) is 0 Å². The molecule has 0 N–H and O–H groups in total. The van der Waals surface area contributed by atoms with Crippen LogP contribution in [-0.4, -0.2) is 31.9 Å². The molecule has 0 radical (unpaired) electrons. The fourth-order valence-corrected chi connectivity index (χ4v) is 0.738. The maximum atomic E-state index is 11.0. The van der Waals surface area contributed by atoms with E-state index in [0.717, 1.165) is 6.61 Å². The lowest BCUT2D eigenvalue weighted by molar-refractivity contribution is -0.138. The van der Waals surface area contributed by atoms with Gasteiger partial charge in [0, 0.05) is 0 Å². The molecule has 1 unspecified atom stereocenters. The largest absolute Gasteiger partial charge is 0.498 e. The number of esters is 1. The summed E-state index contributed by atoms with van der Waals surface area (Å²) in [5.41, 5.74) is 0.475. The number of epoxide rings is 1. The van der Waals surface area contributed by atoms with Gasteiger partial charge in [-0.2, -0.15) is 0 Å². The first-order valence-corrected chi connectivity index (χ1v) is 4.31. The molecule has 1 aliphatic rings. The predicted octanol–water partition coefficient (Wildman–Crippen LogP) is 0.869.